The second-order valence-electron chi connectivity index (χ2n) is 3.81. The molecule has 0 nitrogen and oxygen atoms in total. The van der Waals surface area contributed by atoms with Crippen molar-refractivity contribution in [2.24, 2.45) is 0 Å². The molecule has 2 aromatic rings. The lowest BCUT2D eigenvalue weighted by atomic mass is 10.0. The summed E-state index contributed by atoms with van der Waals surface area (Å²) in [5, 5.41) is -1.35. The molecule has 19 heavy (non-hydrogen) atoms. The molecule has 0 aliphatic carbocycles. The standard InChI is InChI=1S/C13H6Cl2F4/c14-9-3-6(16)1-2-8(9)13(15)12-10(18)4-7(17)5-11(12)19/h1-5,13H. The Morgan fingerprint density at radius 1 is 0.842 bits per heavy atom. The van der Waals surface area contributed by atoms with Gasteiger partial charge in [-0.1, -0.05) is 17.7 Å². The summed E-state index contributed by atoms with van der Waals surface area (Å²) in [6.07, 6.45) is 0. The number of hydrogen-bond acceptors (Lipinski definition) is 0. The highest BCUT2D eigenvalue weighted by atomic mass is 35.5. The molecule has 1 atom stereocenters. The molecule has 0 aliphatic rings. The minimum Gasteiger partial charge on any atom is -0.207 e. The molecule has 0 fully saturated rings. The van der Waals surface area contributed by atoms with Crippen molar-refractivity contribution >= 4 is 23.2 Å². The third kappa shape index (κ3) is 2.85. The lowest BCUT2D eigenvalue weighted by Crippen LogP contribution is -2.03. The summed E-state index contributed by atoms with van der Waals surface area (Å²) in [5.41, 5.74) is -0.397. The van der Waals surface area contributed by atoms with Gasteiger partial charge in [-0.2, -0.15) is 0 Å². The molecule has 0 N–H and O–H groups in total. The van der Waals surface area contributed by atoms with Gasteiger partial charge in [0.05, 0.1) is 5.38 Å². The van der Waals surface area contributed by atoms with Gasteiger partial charge in [-0.15, -0.1) is 11.6 Å². The van der Waals surface area contributed by atoms with Crippen LogP contribution in [-0.4, -0.2) is 0 Å². The lowest BCUT2D eigenvalue weighted by Gasteiger charge is -2.14. The van der Waals surface area contributed by atoms with Gasteiger partial charge in [0.2, 0.25) is 0 Å². The molecule has 0 aliphatic heterocycles. The number of rotatable bonds is 2. The maximum atomic E-state index is 13.6. The van der Waals surface area contributed by atoms with Crippen LogP contribution in [0.5, 0.6) is 0 Å². The fourth-order valence-electron chi connectivity index (χ4n) is 1.66. The van der Waals surface area contributed by atoms with E-state index in [-0.39, 0.29) is 10.6 Å². The molecule has 0 amide bonds. The van der Waals surface area contributed by atoms with E-state index in [0.29, 0.717) is 12.1 Å². The summed E-state index contributed by atoms with van der Waals surface area (Å²) < 4.78 is 52.9. The molecule has 2 aromatic carbocycles. The van der Waals surface area contributed by atoms with Gasteiger partial charge >= 0.3 is 0 Å². The van der Waals surface area contributed by atoms with Crippen LogP contribution < -0.4 is 0 Å². The largest absolute Gasteiger partial charge is 0.207 e. The van der Waals surface area contributed by atoms with E-state index in [1.807, 2.05) is 0 Å². The molecule has 0 bridgehead atoms. The van der Waals surface area contributed by atoms with Gasteiger partial charge in [-0.05, 0) is 17.7 Å². The van der Waals surface area contributed by atoms with Crippen LogP contribution in [-0.2, 0) is 0 Å². The zero-order valence-electron chi connectivity index (χ0n) is 9.23. The summed E-state index contributed by atoms with van der Waals surface area (Å²) in [5.74, 6) is -3.90. The van der Waals surface area contributed by atoms with Crippen molar-refractivity contribution in [1.29, 1.82) is 0 Å². The minimum atomic E-state index is -1.28. The van der Waals surface area contributed by atoms with Crippen molar-refractivity contribution in [3.8, 4) is 0 Å². The Morgan fingerprint density at radius 3 is 1.95 bits per heavy atom. The average Bonchev–Trinajstić information content (AvgIpc) is 2.26. The quantitative estimate of drug-likeness (QED) is 0.527. The highest BCUT2D eigenvalue weighted by Crippen LogP contribution is 2.36. The molecule has 2 rings (SSSR count). The summed E-state index contributed by atoms with van der Waals surface area (Å²) in [6.45, 7) is 0. The number of alkyl halides is 1. The third-order valence-electron chi connectivity index (χ3n) is 2.53. The minimum absolute atomic E-state index is 0.0666. The normalized spacial score (nSPS) is 12.5. The van der Waals surface area contributed by atoms with Gasteiger partial charge < -0.3 is 0 Å². The van der Waals surface area contributed by atoms with E-state index in [1.54, 1.807) is 0 Å². The number of hydrogen-bond donors (Lipinski definition) is 0. The Hall–Kier alpha value is -1.26. The van der Waals surface area contributed by atoms with Gasteiger partial charge in [0.1, 0.15) is 23.3 Å². The van der Waals surface area contributed by atoms with Crippen LogP contribution in [0, 0.1) is 23.3 Å². The Bertz CT molecular complexity index is 605. The molecule has 0 aromatic heterocycles. The molecular formula is C13H6Cl2F4. The van der Waals surface area contributed by atoms with E-state index < -0.39 is 34.2 Å². The van der Waals surface area contributed by atoms with Crippen LogP contribution in [0.2, 0.25) is 5.02 Å². The van der Waals surface area contributed by atoms with Crippen LogP contribution in [0.3, 0.4) is 0 Å². The maximum Gasteiger partial charge on any atom is 0.134 e. The number of halogens is 6. The van der Waals surface area contributed by atoms with Crippen LogP contribution in [0.4, 0.5) is 17.6 Å². The first kappa shape index (κ1) is 14.2. The molecular weight excluding hydrogens is 303 g/mol. The van der Waals surface area contributed by atoms with E-state index >= 15 is 0 Å². The fraction of sp³-hybridized carbons (Fsp3) is 0.0769. The van der Waals surface area contributed by atoms with Gasteiger partial charge in [-0.25, -0.2) is 17.6 Å². The molecule has 0 saturated heterocycles. The Morgan fingerprint density at radius 2 is 1.42 bits per heavy atom. The van der Waals surface area contributed by atoms with Crippen LogP contribution in [0.15, 0.2) is 30.3 Å². The Kier molecular flexibility index (Phi) is 4.02. The van der Waals surface area contributed by atoms with E-state index in [9.17, 15) is 17.6 Å². The van der Waals surface area contributed by atoms with Crippen molar-refractivity contribution in [1.82, 2.24) is 0 Å². The summed E-state index contributed by atoms with van der Waals surface area (Å²) >= 11 is 11.7. The third-order valence-corrected chi connectivity index (χ3v) is 3.31. The van der Waals surface area contributed by atoms with Crippen molar-refractivity contribution < 1.29 is 17.6 Å². The van der Waals surface area contributed by atoms with Gasteiger partial charge in [-0.3, -0.25) is 0 Å². The summed E-state index contributed by atoms with van der Waals surface area (Å²) in [6, 6.07) is 4.30. The van der Waals surface area contributed by atoms with E-state index in [0.717, 1.165) is 12.1 Å². The fourth-order valence-corrected chi connectivity index (χ4v) is 2.39. The first-order valence-electron chi connectivity index (χ1n) is 5.13. The monoisotopic (exact) mass is 308 g/mol. The zero-order valence-corrected chi connectivity index (χ0v) is 10.7. The molecule has 0 spiro atoms. The van der Waals surface area contributed by atoms with E-state index in [2.05, 4.69) is 0 Å². The van der Waals surface area contributed by atoms with E-state index in [4.69, 9.17) is 23.2 Å². The molecule has 0 saturated carbocycles. The molecule has 1 unspecified atom stereocenters. The Labute approximate surface area is 116 Å². The van der Waals surface area contributed by atoms with Gasteiger partial charge in [0, 0.05) is 22.7 Å². The van der Waals surface area contributed by atoms with Crippen LogP contribution in [0.25, 0.3) is 0 Å². The predicted molar refractivity (Wildman–Crippen MR) is 65.4 cm³/mol. The van der Waals surface area contributed by atoms with Crippen molar-refractivity contribution in [3.05, 3.63) is 69.8 Å². The highest BCUT2D eigenvalue weighted by Gasteiger charge is 2.23. The lowest BCUT2D eigenvalue weighted by molar-refractivity contribution is 0.526. The molecule has 100 valence electrons. The first-order valence-corrected chi connectivity index (χ1v) is 5.95. The van der Waals surface area contributed by atoms with Gasteiger partial charge in [0.25, 0.3) is 0 Å². The van der Waals surface area contributed by atoms with E-state index in [1.165, 1.54) is 6.07 Å². The zero-order chi connectivity index (χ0) is 14.2. The van der Waals surface area contributed by atoms with Crippen molar-refractivity contribution in [2.75, 3.05) is 0 Å². The molecule has 0 radical (unpaired) electrons. The van der Waals surface area contributed by atoms with Crippen LogP contribution in [0.1, 0.15) is 16.5 Å². The topological polar surface area (TPSA) is 0 Å². The smallest absolute Gasteiger partial charge is 0.134 e. The first-order chi connectivity index (χ1) is 8.90. The molecule has 6 heteroatoms. The predicted octanol–water partition coefficient (Wildman–Crippen LogP) is 5.22. The second-order valence-corrected chi connectivity index (χ2v) is 4.66. The second kappa shape index (κ2) is 5.39. The van der Waals surface area contributed by atoms with Crippen molar-refractivity contribution in [3.63, 3.8) is 0 Å². The summed E-state index contributed by atoms with van der Waals surface area (Å²) in [4.78, 5) is 0. The van der Waals surface area contributed by atoms with Crippen molar-refractivity contribution in [2.45, 2.75) is 5.38 Å². The Balaban J connectivity index is 2.53. The maximum absolute atomic E-state index is 13.6. The van der Waals surface area contributed by atoms with Gasteiger partial charge in [0.15, 0.2) is 0 Å². The summed E-state index contributed by atoms with van der Waals surface area (Å²) in [7, 11) is 0. The SMILES string of the molecule is Fc1cc(F)c(C(Cl)c2ccc(F)cc2Cl)c(F)c1. The van der Waals surface area contributed by atoms with Crippen LogP contribution >= 0.6 is 23.2 Å². The average molecular weight is 309 g/mol. The molecule has 0 heterocycles. The number of benzene rings is 2. The highest BCUT2D eigenvalue weighted by molar-refractivity contribution is 6.33.